The monoisotopic (exact) mass is 258 g/mol. The van der Waals surface area contributed by atoms with Gasteiger partial charge in [0, 0.05) is 16.4 Å². The largest absolute Gasteiger partial charge is 0.330 e. The Morgan fingerprint density at radius 2 is 2.00 bits per heavy atom. The summed E-state index contributed by atoms with van der Waals surface area (Å²) in [5, 5.41) is 1.32. The molecule has 1 saturated carbocycles. The first-order chi connectivity index (χ1) is 8.88. The molecule has 0 spiro atoms. The van der Waals surface area contributed by atoms with Crippen LogP contribution in [0.2, 0.25) is 0 Å². The van der Waals surface area contributed by atoms with Gasteiger partial charge < -0.3 is 5.73 Å². The third kappa shape index (κ3) is 2.20. The highest BCUT2D eigenvalue weighted by Gasteiger charge is 2.24. The Bertz CT molecular complexity index is 515. The molecule has 3 rings (SSSR count). The van der Waals surface area contributed by atoms with E-state index in [1.54, 1.807) is 0 Å². The molecule has 2 N–H and O–H groups in total. The van der Waals surface area contributed by atoms with Crippen molar-refractivity contribution in [1.29, 1.82) is 0 Å². The summed E-state index contributed by atoms with van der Waals surface area (Å²) in [6.45, 7) is 0.701. The topological polar surface area (TPSA) is 38.9 Å². The van der Waals surface area contributed by atoms with Gasteiger partial charge in [-0.1, -0.05) is 36.8 Å². The molecule has 0 radical (unpaired) electrons. The second-order valence-corrected chi connectivity index (χ2v) is 5.97. The van der Waals surface area contributed by atoms with Crippen molar-refractivity contribution in [3.05, 3.63) is 40.2 Å². The van der Waals surface area contributed by atoms with Gasteiger partial charge in [0.25, 0.3) is 0 Å². The Kier molecular flexibility index (Phi) is 3.43. The van der Waals surface area contributed by atoms with Gasteiger partial charge in [-0.2, -0.15) is 0 Å². The first-order valence-corrected chi connectivity index (χ1v) is 7.45. The van der Waals surface area contributed by atoms with E-state index in [0.717, 1.165) is 12.1 Å². The van der Waals surface area contributed by atoms with Gasteiger partial charge in [0.15, 0.2) is 0 Å². The highest BCUT2D eigenvalue weighted by atomic mass is 32.1. The molecule has 2 nitrogen and oxygen atoms in total. The average molecular weight is 258 g/mol. The Morgan fingerprint density at radius 1 is 1.22 bits per heavy atom. The van der Waals surface area contributed by atoms with Gasteiger partial charge in [-0.15, -0.1) is 11.3 Å². The Balaban J connectivity index is 1.98. The zero-order valence-electron chi connectivity index (χ0n) is 10.4. The lowest BCUT2D eigenvalue weighted by atomic mass is 9.86. The summed E-state index contributed by atoms with van der Waals surface area (Å²) in [7, 11) is 0. The molecule has 0 atom stereocenters. The zero-order chi connectivity index (χ0) is 12.4. The molecular weight excluding hydrogens is 240 g/mol. The lowest BCUT2D eigenvalue weighted by Crippen LogP contribution is -2.07. The molecule has 1 heterocycles. The molecule has 18 heavy (non-hydrogen) atoms. The van der Waals surface area contributed by atoms with Crippen LogP contribution in [-0.2, 0) is 6.42 Å². The van der Waals surface area contributed by atoms with Crippen molar-refractivity contribution in [2.24, 2.45) is 5.73 Å². The van der Waals surface area contributed by atoms with Gasteiger partial charge in [0.2, 0.25) is 0 Å². The van der Waals surface area contributed by atoms with E-state index in [0.29, 0.717) is 12.5 Å². The number of nitrogens with two attached hydrogens (primary N) is 1. The molecule has 0 amide bonds. The van der Waals surface area contributed by atoms with Gasteiger partial charge >= 0.3 is 0 Å². The number of aromatic nitrogens is 1. The van der Waals surface area contributed by atoms with Gasteiger partial charge in [-0.25, -0.2) is 4.98 Å². The third-order valence-corrected chi connectivity index (χ3v) is 4.86. The summed E-state index contributed by atoms with van der Waals surface area (Å²) in [5.41, 5.74) is 8.10. The van der Waals surface area contributed by atoms with E-state index >= 15 is 0 Å². The number of thiazole rings is 1. The van der Waals surface area contributed by atoms with Crippen molar-refractivity contribution < 1.29 is 0 Å². The van der Waals surface area contributed by atoms with Crippen LogP contribution in [0.3, 0.4) is 0 Å². The van der Waals surface area contributed by atoms with Crippen molar-refractivity contribution in [2.45, 2.75) is 31.6 Å². The first-order valence-electron chi connectivity index (χ1n) is 6.63. The lowest BCUT2D eigenvalue weighted by Gasteiger charge is -2.22. The van der Waals surface area contributed by atoms with E-state index in [-0.39, 0.29) is 0 Å². The van der Waals surface area contributed by atoms with Gasteiger partial charge in [0.1, 0.15) is 0 Å². The standard InChI is InChI=1S/C15H18N2S/c16-10-9-13-14(11-5-2-1-3-6-11)17-15(18-13)12-7-4-8-12/h1-3,5-6,12H,4,7-10,16H2. The molecule has 94 valence electrons. The molecule has 2 aromatic rings. The average Bonchev–Trinajstić information content (AvgIpc) is 2.72. The second-order valence-electron chi connectivity index (χ2n) is 4.86. The van der Waals surface area contributed by atoms with Crippen LogP contribution in [0, 0.1) is 0 Å². The predicted octanol–water partition coefficient (Wildman–Crippen LogP) is 3.58. The summed E-state index contributed by atoms with van der Waals surface area (Å²) in [6, 6.07) is 10.5. The zero-order valence-corrected chi connectivity index (χ0v) is 11.2. The van der Waals surface area contributed by atoms with E-state index in [9.17, 15) is 0 Å². The van der Waals surface area contributed by atoms with Crippen molar-refractivity contribution in [1.82, 2.24) is 4.98 Å². The smallest absolute Gasteiger partial charge is 0.0966 e. The third-order valence-electron chi connectivity index (χ3n) is 3.59. The minimum absolute atomic E-state index is 0.701. The highest BCUT2D eigenvalue weighted by Crippen LogP contribution is 2.41. The molecule has 0 bridgehead atoms. The van der Waals surface area contributed by atoms with Crippen molar-refractivity contribution in [2.75, 3.05) is 6.54 Å². The number of nitrogens with zero attached hydrogens (tertiary/aromatic N) is 1. The maximum absolute atomic E-state index is 5.72. The summed E-state index contributed by atoms with van der Waals surface area (Å²) < 4.78 is 0. The summed E-state index contributed by atoms with van der Waals surface area (Å²) in [5.74, 6) is 0.712. The van der Waals surface area contributed by atoms with Crippen molar-refractivity contribution >= 4 is 11.3 Å². The molecule has 1 fully saturated rings. The molecule has 0 aliphatic heterocycles. The van der Waals surface area contributed by atoms with Gasteiger partial charge in [-0.05, 0) is 25.8 Å². The Morgan fingerprint density at radius 3 is 2.61 bits per heavy atom. The molecule has 0 saturated heterocycles. The minimum Gasteiger partial charge on any atom is -0.330 e. The van der Waals surface area contributed by atoms with Crippen LogP contribution >= 0.6 is 11.3 Å². The van der Waals surface area contributed by atoms with E-state index in [2.05, 4.69) is 24.3 Å². The quantitative estimate of drug-likeness (QED) is 0.910. The summed E-state index contributed by atoms with van der Waals surface area (Å²) in [4.78, 5) is 6.24. The summed E-state index contributed by atoms with van der Waals surface area (Å²) in [6.07, 6.45) is 4.92. The van der Waals surface area contributed by atoms with Crippen LogP contribution in [-0.4, -0.2) is 11.5 Å². The van der Waals surface area contributed by atoms with E-state index in [1.165, 1.54) is 34.7 Å². The number of hydrogen-bond acceptors (Lipinski definition) is 3. The van der Waals surface area contributed by atoms with Crippen LogP contribution in [0.4, 0.5) is 0 Å². The van der Waals surface area contributed by atoms with Crippen LogP contribution in [0.25, 0.3) is 11.3 Å². The fourth-order valence-electron chi connectivity index (χ4n) is 2.32. The number of rotatable bonds is 4. The van der Waals surface area contributed by atoms with Crippen molar-refractivity contribution in [3.8, 4) is 11.3 Å². The van der Waals surface area contributed by atoms with Crippen LogP contribution in [0.15, 0.2) is 30.3 Å². The first kappa shape index (κ1) is 11.9. The van der Waals surface area contributed by atoms with Gasteiger partial charge in [-0.3, -0.25) is 0 Å². The van der Waals surface area contributed by atoms with Gasteiger partial charge in [0.05, 0.1) is 10.7 Å². The number of benzene rings is 1. The molecule has 1 aliphatic carbocycles. The molecule has 3 heteroatoms. The van der Waals surface area contributed by atoms with Crippen LogP contribution in [0.1, 0.15) is 35.1 Å². The SMILES string of the molecule is NCCc1sc(C2CCC2)nc1-c1ccccc1. The maximum atomic E-state index is 5.72. The molecule has 0 unspecified atom stereocenters. The van der Waals surface area contributed by atoms with Crippen LogP contribution < -0.4 is 5.73 Å². The van der Waals surface area contributed by atoms with Crippen LogP contribution in [0.5, 0.6) is 0 Å². The highest BCUT2D eigenvalue weighted by molar-refractivity contribution is 7.12. The summed E-state index contributed by atoms with van der Waals surface area (Å²) >= 11 is 1.87. The van der Waals surface area contributed by atoms with E-state index in [4.69, 9.17) is 10.7 Å². The molecule has 1 aromatic carbocycles. The van der Waals surface area contributed by atoms with E-state index in [1.807, 2.05) is 17.4 Å². The Labute approximate surface area is 112 Å². The normalized spacial score (nSPS) is 15.6. The van der Waals surface area contributed by atoms with Crippen molar-refractivity contribution in [3.63, 3.8) is 0 Å². The molecular formula is C15H18N2S. The maximum Gasteiger partial charge on any atom is 0.0966 e. The predicted molar refractivity (Wildman–Crippen MR) is 76.9 cm³/mol. The Hall–Kier alpha value is -1.19. The minimum atomic E-state index is 0.701. The number of hydrogen-bond donors (Lipinski definition) is 1. The molecule has 1 aromatic heterocycles. The fourth-order valence-corrected chi connectivity index (χ4v) is 3.59. The molecule has 1 aliphatic rings. The fraction of sp³-hybridized carbons (Fsp3) is 0.400. The van der Waals surface area contributed by atoms with E-state index < -0.39 is 0 Å². The lowest BCUT2D eigenvalue weighted by molar-refractivity contribution is 0.418. The second kappa shape index (κ2) is 5.21.